The highest BCUT2D eigenvalue weighted by Gasteiger charge is 2.20. The summed E-state index contributed by atoms with van der Waals surface area (Å²) in [6.07, 6.45) is 0.516. The van der Waals surface area contributed by atoms with Crippen molar-refractivity contribution < 1.29 is 9.72 Å². The number of hydrogen-bond acceptors (Lipinski definition) is 6. The number of fused-ring (bicyclic) bond motifs is 1. The molecule has 2 N–H and O–H groups in total. The normalized spacial score (nSPS) is 10.8. The van der Waals surface area contributed by atoms with Crippen molar-refractivity contribution in [3.8, 4) is 0 Å². The number of rotatable bonds is 7. The van der Waals surface area contributed by atoms with Crippen molar-refractivity contribution in [2.24, 2.45) is 0 Å². The van der Waals surface area contributed by atoms with Crippen molar-refractivity contribution >= 4 is 75.1 Å². The second-order valence-corrected chi connectivity index (χ2v) is 8.40. The number of aromatic amines is 1. The van der Waals surface area contributed by atoms with E-state index in [1.54, 1.807) is 42.5 Å². The minimum Gasteiger partial charge on any atom is -0.326 e. The third-order valence-electron chi connectivity index (χ3n) is 4.87. The highest BCUT2D eigenvalue weighted by Crippen LogP contribution is 2.31. The number of nitrogens with one attached hydrogen (secondary N) is 2. The molecule has 0 aliphatic carbocycles. The lowest BCUT2D eigenvalue weighted by Crippen LogP contribution is -2.22. The van der Waals surface area contributed by atoms with Crippen LogP contribution in [0.5, 0.6) is 0 Å². The van der Waals surface area contributed by atoms with Crippen molar-refractivity contribution in [3.05, 3.63) is 95.7 Å². The van der Waals surface area contributed by atoms with Crippen LogP contribution in [0.4, 0.5) is 23.0 Å². The first-order valence-corrected chi connectivity index (χ1v) is 10.8. The van der Waals surface area contributed by atoms with E-state index in [-0.39, 0.29) is 34.8 Å². The summed E-state index contributed by atoms with van der Waals surface area (Å²) in [5.74, 6) is 0.0448. The molecule has 9 nitrogen and oxygen atoms in total. The largest absolute Gasteiger partial charge is 0.326 e. The molecule has 172 valence electrons. The lowest BCUT2D eigenvalue weighted by Gasteiger charge is -2.19. The fraction of sp³-hybridized carbons (Fsp3) is 0.0455. The minimum absolute atomic E-state index is 0.0448. The third-order valence-corrected chi connectivity index (χ3v) is 5.86. The second-order valence-electron chi connectivity index (χ2n) is 7.15. The summed E-state index contributed by atoms with van der Waals surface area (Å²) in [6, 6.07) is 13.8. The number of benzene rings is 3. The molecule has 4 aromatic rings. The third kappa shape index (κ3) is 4.96. The summed E-state index contributed by atoms with van der Waals surface area (Å²) in [7, 11) is 0. The van der Waals surface area contributed by atoms with E-state index in [0.717, 1.165) is 11.6 Å². The Morgan fingerprint density at radius 3 is 2.44 bits per heavy atom. The highest BCUT2D eigenvalue weighted by molar-refractivity contribution is 6.42. The maximum atomic E-state index is 12.8. The maximum absolute atomic E-state index is 12.8. The Labute approximate surface area is 207 Å². The van der Waals surface area contributed by atoms with Gasteiger partial charge in [-0.1, -0.05) is 46.9 Å². The molecular formula is C22H14Cl3N5O4. The summed E-state index contributed by atoms with van der Waals surface area (Å²) in [5, 5.41) is 15.5. The molecule has 0 unspecified atom stereocenters. The number of halogens is 3. The van der Waals surface area contributed by atoms with Gasteiger partial charge in [0, 0.05) is 22.8 Å². The van der Waals surface area contributed by atoms with E-state index in [9.17, 15) is 19.7 Å². The molecule has 0 radical (unpaired) electrons. The van der Waals surface area contributed by atoms with Gasteiger partial charge in [0.25, 0.3) is 11.2 Å². The molecule has 3 aromatic carbocycles. The van der Waals surface area contributed by atoms with E-state index in [2.05, 4.69) is 15.3 Å². The number of H-pyrrole nitrogens is 1. The number of amides is 1. The first-order valence-electron chi connectivity index (χ1n) is 9.66. The highest BCUT2D eigenvalue weighted by atomic mass is 35.5. The Balaban J connectivity index is 1.84. The lowest BCUT2D eigenvalue weighted by molar-refractivity contribution is -0.384. The number of carbonyl (C=O) groups is 1. The topological polar surface area (TPSA) is 121 Å². The molecule has 0 saturated heterocycles. The molecule has 1 amide bonds. The standard InChI is InChI=1S/C22H14Cl3N5O4/c23-13-3-1-12(2-4-13)10-29(11-31)19-9-15(30(33)34)8-16-20(19)27-22(28-21(16)32)26-14-5-6-17(24)18(25)7-14/h1-9,11H,10H2,(H2,26,27,28,32). The number of nitrogens with zero attached hydrogens (tertiary/aromatic N) is 3. The van der Waals surface area contributed by atoms with Gasteiger partial charge in [0.15, 0.2) is 0 Å². The van der Waals surface area contributed by atoms with Crippen LogP contribution in [0.15, 0.2) is 59.4 Å². The Morgan fingerprint density at radius 1 is 1.06 bits per heavy atom. The maximum Gasteiger partial charge on any atom is 0.272 e. The van der Waals surface area contributed by atoms with Gasteiger partial charge < -0.3 is 10.2 Å². The van der Waals surface area contributed by atoms with Crippen LogP contribution in [0.25, 0.3) is 10.9 Å². The van der Waals surface area contributed by atoms with Crippen molar-refractivity contribution in [2.45, 2.75) is 6.54 Å². The molecule has 1 heterocycles. The Bertz CT molecular complexity index is 1470. The quantitative estimate of drug-likeness (QED) is 0.184. The monoisotopic (exact) mass is 517 g/mol. The predicted octanol–water partition coefficient (Wildman–Crippen LogP) is 5.70. The fourth-order valence-corrected chi connectivity index (χ4v) is 3.69. The van der Waals surface area contributed by atoms with E-state index < -0.39 is 10.5 Å². The molecule has 0 aliphatic rings. The zero-order chi connectivity index (χ0) is 24.4. The Kier molecular flexibility index (Phi) is 6.69. The van der Waals surface area contributed by atoms with Crippen LogP contribution in [-0.4, -0.2) is 21.3 Å². The van der Waals surface area contributed by atoms with Crippen LogP contribution < -0.4 is 15.8 Å². The molecule has 0 bridgehead atoms. The van der Waals surface area contributed by atoms with E-state index in [4.69, 9.17) is 34.8 Å². The molecule has 0 saturated carbocycles. The van der Waals surface area contributed by atoms with Gasteiger partial charge in [0.2, 0.25) is 12.4 Å². The number of anilines is 3. The Hall–Kier alpha value is -3.66. The molecule has 34 heavy (non-hydrogen) atoms. The number of carbonyl (C=O) groups excluding carboxylic acids is 1. The number of nitro benzene ring substituents is 1. The first-order chi connectivity index (χ1) is 16.2. The average Bonchev–Trinajstić information content (AvgIpc) is 2.80. The number of nitro groups is 1. The average molecular weight is 519 g/mol. The zero-order valence-corrected chi connectivity index (χ0v) is 19.4. The lowest BCUT2D eigenvalue weighted by atomic mass is 10.1. The number of aromatic nitrogens is 2. The van der Waals surface area contributed by atoms with Gasteiger partial charge in [-0.15, -0.1) is 0 Å². The molecule has 0 aliphatic heterocycles. The van der Waals surface area contributed by atoms with E-state index in [1.807, 2.05) is 0 Å². The molecule has 0 fully saturated rings. The predicted molar refractivity (Wildman–Crippen MR) is 132 cm³/mol. The van der Waals surface area contributed by atoms with Gasteiger partial charge in [0.05, 0.1) is 32.6 Å². The SMILES string of the molecule is O=CN(Cc1ccc(Cl)cc1)c1cc([N+](=O)[O-])cc2c(=O)[nH]c(Nc3ccc(Cl)c(Cl)c3)nc12. The smallest absolute Gasteiger partial charge is 0.272 e. The van der Waals surface area contributed by atoms with Gasteiger partial charge in [-0.3, -0.25) is 24.7 Å². The van der Waals surface area contributed by atoms with Gasteiger partial charge in [0.1, 0.15) is 5.52 Å². The van der Waals surface area contributed by atoms with Crippen molar-refractivity contribution in [2.75, 3.05) is 10.2 Å². The van der Waals surface area contributed by atoms with Gasteiger partial charge in [-0.2, -0.15) is 0 Å². The molecule has 1 aromatic heterocycles. The van der Waals surface area contributed by atoms with Crippen molar-refractivity contribution in [1.82, 2.24) is 9.97 Å². The molecule has 4 rings (SSSR count). The fourth-order valence-electron chi connectivity index (χ4n) is 3.27. The van der Waals surface area contributed by atoms with Crippen molar-refractivity contribution in [1.29, 1.82) is 0 Å². The van der Waals surface area contributed by atoms with E-state index >= 15 is 0 Å². The Morgan fingerprint density at radius 2 is 1.79 bits per heavy atom. The zero-order valence-electron chi connectivity index (χ0n) is 17.1. The van der Waals surface area contributed by atoms with E-state index in [0.29, 0.717) is 27.2 Å². The van der Waals surface area contributed by atoms with Crippen LogP contribution in [0.1, 0.15) is 5.56 Å². The molecule has 12 heteroatoms. The number of non-ortho nitro benzene ring substituents is 1. The summed E-state index contributed by atoms with van der Waals surface area (Å²) in [6.45, 7) is 0.0704. The molecular weight excluding hydrogens is 505 g/mol. The van der Waals surface area contributed by atoms with Gasteiger partial charge >= 0.3 is 0 Å². The number of hydrogen-bond donors (Lipinski definition) is 2. The molecule has 0 spiro atoms. The van der Waals surface area contributed by atoms with Crippen LogP contribution >= 0.6 is 34.8 Å². The van der Waals surface area contributed by atoms with Crippen LogP contribution in [0.2, 0.25) is 15.1 Å². The van der Waals surface area contributed by atoms with Crippen molar-refractivity contribution in [3.63, 3.8) is 0 Å². The second kappa shape index (κ2) is 9.68. The summed E-state index contributed by atoms with van der Waals surface area (Å²) < 4.78 is 0. The van der Waals surface area contributed by atoms with Gasteiger partial charge in [-0.25, -0.2) is 4.98 Å². The summed E-state index contributed by atoms with van der Waals surface area (Å²) >= 11 is 17.9. The van der Waals surface area contributed by atoms with Crippen LogP contribution in [0, 0.1) is 10.1 Å². The van der Waals surface area contributed by atoms with Gasteiger partial charge in [-0.05, 0) is 35.9 Å². The molecule has 0 atom stereocenters. The minimum atomic E-state index is -0.643. The van der Waals surface area contributed by atoms with Crippen LogP contribution in [-0.2, 0) is 11.3 Å². The van der Waals surface area contributed by atoms with Crippen LogP contribution in [0.3, 0.4) is 0 Å². The van der Waals surface area contributed by atoms with E-state index in [1.165, 1.54) is 11.0 Å². The summed E-state index contributed by atoms with van der Waals surface area (Å²) in [4.78, 5) is 43.9. The first kappa shape index (κ1) is 23.5. The summed E-state index contributed by atoms with van der Waals surface area (Å²) in [5.41, 5.74) is 0.414.